The molecule has 0 aliphatic heterocycles. The van der Waals surface area contributed by atoms with Crippen molar-refractivity contribution in [2.45, 2.75) is 106 Å². The lowest BCUT2D eigenvalue weighted by molar-refractivity contribution is -0.0454. The van der Waals surface area contributed by atoms with Crippen molar-refractivity contribution in [3.05, 3.63) is 23.8 Å². The summed E-state index contributed by atoms with van der Waals surface area (Å²) in [6.45, 7) is 15.2. The molecule has 0 aromatic carbocycles. The molecule has 0 heteroatoms. The molecule has 4 aliphatic rings. The van der Waals surface area contributed by atoms with Crippen molar-refractivity contribution in [1.29, 1.82) is 0 Å². The minimum absolute atomic E-state index is 0.480. The molecule has 164 valence electrons. The predicted molar refractivity (Wildman–Crippen MR) is 127 cm³/mol. The van der Waals surface area contributed by atoms with Crippen molar-refractivity contribution in [1.82, 2.24) is 0 Å². The average Bonchev–Trinajstić information content (AvgIpc) is 3.05. The summed E-state index contributed by atoms with van der Waals surface area (Å²) in [6.07, 6.45) is 21.9. The van der Waals surface area contributed by atoms with E-state index in [0.29, 0.717) is 10.8 Å². The van der Waals surface area contributed by atoms with Gasteiger partial charge in [0.1, 0.15) is 0 Å². The molecule has 0 saturated heterocycles. The van der Waals surface area contributed by atoms with Crippen molar-refractivity contribution in [2.24, 2.45) is 52.3 Å². The Hall–Kier alpha value is -0.520. The highest BCUT2D eigenvalue weighted by Gasteiger charge is 2.58. The van der Waals surface area contributed by atoms with Gasteiger partial charge in [-0.1, -0.05) is 72.6 Å². The molecule has 0 nitrogen and oxygen atoms in total. The van der Waals surface area contributed by atoms with Crippen LogP contribution in [0.15, 0.2) is 23.8 Å². The van der Waals surface area contributed by atoms with E-state index in [1.807, 2.05) is 0 Å². The molecule has 2 saturated carbocycles. The van der Waals surface area contributed by atoms with Crippen LogP contribution >= 0.6 is 0 Å². The van der Waals surface area contributed by atoms with Crippen LogP contribution in [0, 0.1) is 52.3 Å². The largest absolute Gasteiger partial charge is 0.0842 e. The first-order chi connectivity index (χ1) is 13.8. The molecule has 4 rings (SSSR count). The summed E-state index contributed by atoms with van der Waals surface area (Å²) >= 11 is 0. The average molecular weight is 397 g/mol. The number of rotatable bonds is 6. The topological polar surface area (TPSA) is 0 Å². The molecule has 0 amide bonds. The Kier molecular flexibility index (Phi) is 6.14. The van der Waals surface area contributed by atoms with Gasteiger partial charge in [0.2, 0.25) is 0 Å². The normalized spacial score (nSPS) is 43.3. The van der Waals surface area contributed by atoms with Crippen molar-refractivity contribution in [3.63, 3.8) is 0 Å². The van der Waals surface area contributed by atoms with Crippen molar-refractivity contribution < 1.29 is 0 Å². The summed E-state index contributed by atoms with van der Waals surface area (Å²) in [4.78, 5) is 0. The smallest absolute Gasteiger partial charge is 0.00445 e. The molecule has 29 heavy (non-hydrogen) atoms. The Morgan fingerprint density at radius 3 is 2.52 bits per heavy atom. The molecule has 0 heterocycles. The molecule has 0 aromatic heterocycles. The van der Waals surface area contributed by atoms with Crippen LogP contribution in [-0.2, 0) is 0 Å². The van der Waals surface area contributed by atoms with E-state index in [2.05, 4.69) is 59.8 Å². The maximum Gasteiger partial charge on any atom is -0.00445 e. The van der Waals surface area contributed by atoms with E-state index in [1.54, 1.807) is 5.57 Å². The van der Waals surface area contributed by atoms with Gasteiger partial charge in [0, 0.05) is 0 Å². The maximum absolute atomic E-state index is 2.73. The molecular formula is C29H48. The van der Waals surface area contributed by atoms with Crippen LogP contribution in [0.3, 0.4) is 0 Å². The molecule has 1 unspecified atom stereocenters. The van der Waals surface area contributed by atoms with Gasteiger partial charge >= 0.3 is 0 Å². The third kappa shape index (κ3) is 3.59. The van der Waals surface area contributed by atoms with Crippen molar-refractivity contribution >= 4 is 0 Å². The number of hydrogen-bond acceptors (Lipinski definition) is 0. The lowest BCUT2D eigenvalue weighted by atomic mass is 9.47. The minimum Gasteiger partial charge on any atom is -0.0842 e. The summed E-state index contributed by atoms with van der Waals surface area (Å²) in [5.74, 6) is 6.57. The quantitative estimate of drug-likeness (QED) is 0.420. The van der Waals surface area contributed by atoms with Gasteiger partial charge in [-0.25, -0.2) is 0 Å². The first-order valence-electron chi connectivity index (χ1n) is 13.2. The molecule has 0 N–H and O–H groups in total. The molecule has 0 radical (unpaired) electrons. The standard InChI is InChI=1S/C29H48/c1-7-22(20(2)3)12-11-21(4)25-15-16-26-24-14-13-23-10-8-9-18-28(23,5)27(24)17-19-29(25,26)6/h8,10,13,20-22,24-27H,7,9,11-12,14-19H2,1-6H3/t21-,22?,24+,25-,26+,27+,28+,29-/m1/s1. The van der Waals surface area contributed by atoms with Crippen LogP contribution in [0.1, 0.15) is 106 Å². The zero-order valence-corrected chi connectivity index (χ0v) is 20.3. The van der Waals surface area contributed by atoms with E-state index in [4.69, 9.17) is 0 Å². The Bertz CT molecular complexity index is 638. The van der Waals surface area contributed by atoms with Gasteiger partial charge in [-0.15, -0.1) is 0 Å². The summed E-state index contributed by atoms with van der Waals surface area (Å²) < 4.78 is 0. The SMILES string of the molecule is CCC(CC[C@@H](C)[C@H]1CC[C@H]2[C@@H]3CC=C4C=CCC[C@]4(C)[C@H]3CC[C@]12C)C(C)C. The summed E-state index contributed by atoms with van der Waals surface area (Å²) in [7, 11) is 0. The third-order valence-electron chi connectivity index (χ3n) is 10.9. The zero-order valence-electron chi connectivity index (χ0n) is 20.3. The third-order valence-corrected chi connectivity index (χ3v) is 10.9. The minimum atomic E-state index is 0.480. The van der Waals surface area contributed by atoms with Gasteiger partial charge in [0.05, 0.1) is 0 Å². The molecule has 0 spiro atoms. The lowest BCUT2D eigenvalue weighted by Gasteiger charge is -2.57. The van der Waals surface area contributed by atoms with Crippen LogP contribution < -0.4 is 0 Å². The van der Waals surface area contributed by atoms with E-state index in [1.165, 1.54) is 64.2 Å². The van der Waals surface area contributed by atoms with Gasteiger partial charge < -0.3 is 0 Å². The second-order valence-electron chi connectivity index (χ2n) is 12.3. The van der Waals surface area contributed by atoms with E-state index < -0.39 is 0 Å². The summed E-state index contributed by atoms with van der Waals surface area (Å²) in [5, 5.41) is 0. The monoisotopic (exact) mass is 396 g/mol. The Labute approximate surface area is 182 Å². The fourth-order valence-electron chi connectivity index (χ4n) is 8.96. The number of fused-ring (bicyclic) bond motifs is 5. The van der Waals surface area contributed by atoms with Crippen LogP contribution in [0.25, 0.3) is 0 Å². The van der Waals surface area contributed by atoms with E-state index >= 15 is 0 Å². The fourth-order valence-corrected chi connectivity index (χ4v) is 8.96. The Morgan fingerprint density at radius 2 is 1.79 bits per heavy atom. The van der Waals surface area contributed by atoms with Gasteiger partial charge in [-0.05, 0) is 109 Å². The second kappa shape index (κ2) is 8.20. The first-order valence-corrected chi connectivity index (χ1v) is 13.2. The van der Waals surface area contributed by atoms with Gasteiger partial charge in [-0.2, -0.15) is 0 Å². The molecule has 2 fully saturated rings. The fraction of sp³-hybridized carbons (Fsp3) is 0.862. The lowest BCUT2D eigenvalue weighted by Crippen LogP contribution is -2.49. The van der Waals surface area contributed by atoms with Gasteiger partial charge in [-0.3, -0.25) is 0 Å². The van der Waals surface area contributed by atoms with Crippen LogP contribution in [-0.4, -0.2) is 0 Å². The van der Waals surface area contributed by atoms with Crippen LogP contribution in [0.5, 0.6) is 0 Å². The highest BCUT2D eigenvalue weighted by atomic mass is 14.6. The highest BCUT2D eigenvalue weighted by molar-refractivity contribution is 5.34. The zero-order chi connectivity index (χ0) is 20.8. The number of allylic oxidation sites excluding steroid dienone is 4. The summed E-state index contributed by atoms with van der Waals surface area (Å²) in [5.41, 5.74) is 2.79. The highest BCUT2D eigenvalue weighted by Crippen LogP contribution is 2.66. The number of hydrogen-bond donors (Lipinski definition) is 0. The van der Waals surface area contributed by atoms with Crippen molar-refractivity contribution in [2.75, 3.05) is 0 Å². The molecule has 4 aliphatic carbocycles. The van der Waals surface area contributed by atoms with Gasteiger partial charge in [0.15, 0.2) is 0 Å². The van der Waals surface area contributed by atoms with E-state index in [-0.39, 0.29) is 0 Å². The second-order valence-corrected chi connectivity index (χ2v) is 12.3. The maximum atomic E-state index is 2.73. The Morgan fingerprint density at radius 1 is 1.00 bits per heavy atom. The molecular weight excluding hydrogens is 348 g/mol. The van der Waals surface area contributed by atoms with Crippen LogP contribution in [0.4, 0.5) is 0 Å². The van der Waals surface area contributed by atoms with E-state index in [9.17, 15) is 0 Å². The first kappa shape index (κ1) is 21.7. The van der Waals surface area contributed by atoms with Crippen molar-refractivity contribution in [3.8, 4) is 0 Å². The molecule has 8 atom stereocenters. The van der Waals surface area contributed by atoms with Gasteiger partial charge in [0.25, 0.3) is 0 Å². The van der Waals surface area contributed by atoms with Crippen LogP contribution in [0.2, 0.25) is 0 Å². The van der Waals surface area contributed by atoms with E-state index in [0.717, 1.165) is 41.4 Å². The predicted octanol–water partition coefficient (Wildman–Crippen LogP) is 8.83. The molecule has 0 aromatic rings. The summed E-state index contributed by atoms with van der Waals surface area (Å²) in [6, 6.07) is 0. The molecule has 0 bridgehead atoms. The Balaban J connectivity index is 1.48.